The lowest BCUT2D eigenvalue weighted by Gasteiger charge is -2.45. The molecule has 2 saturated heterocycles. The summed E-state index contributed by atoms with van der Waals surface area (Å²) in [5, 5.41) is 0. The van der Waals surface area contributed by atoms with Crippen molar-refractivity contribution in [3.8, 4) is 0 Å². The first-order valence-corrected chi connectivity index (χ1v) is 8.13. The second kappa shape index (κ2) is 5.34. The molecule has 19 heavy (non-hydrogen) atoms. The van der Waals surface area contributed by atoms with E-state index < -0.39 is 0 Å². The van der Waals surface area contributed by atoms with Crippen LogP contribution in [0.3, 0.4) is 0 Å². The molecule has 1 spiro atoms. The van der Waals surface area contributed by atoms with E-state index in [4.69, 9.17) is 15.2 Å². The van der Waals surface area contributed by atoms with Gasteiger partial charge >= 0.3 is 0 Å². The fraction of sp³-hybridized carbons (Fsp3) is 1.00. The number of hydrogen-bond acceptors (Lipinski definition) is 3. The van der Waals surface area contributed by atoms with E-state index in [1.54, 1.807) is 0 Å². The monoisotopic (exact) mass is 267 g/mol. The molecule has 3 aliphatic rings. The molecule has 4 unspecified atom stereocenters. The minimum atomic E-state index is 0.00715. The number of nitrogens with two attached hydrogens (primary N) is 1. The Morgan fingerprint density at radius 3 is 2.74 bits per heavy atom. The highest BCUT2D eigenvalue weighted by Crippen LogP contribution is 2.44. The van der Waals surface area contributed by atoms with E-state index in [1.807, 2.05) is 0 Å². The molecular formula is C16H29NO2. The fourth-order valence-corrected chi connectivity index (χ4v) is 4.35. The zero-order valence-electron chi connectivity index (χ0n) is 12.3. The van der Waals surface area contributed by atoms with Crippen LogP contribution in [0.5, 0.6) is 0 Å². The molecule has 4 atom stereocenters. The van der Waals surface area contributed by atoms with Gasteiger partial charge in [-0.15, -0.1) is 0 Å². The third-order valence-electron chi connectivity index (χ3n) is 5.81. The summed E-state index contributed by atoms with van der Waals surface area (Å²) in [6.07, 6.45) is 9.71. The Balaban J connectivity index is 1.69. The van der Waals surface area contributed by atoms with Crippen LogP contribution in [0.25, 0.3) is 0 Å². The predicted molar refractivity (Wildman–Crippen MR) is 76.0 cm³/mol. The average Bonchev–Trinajstić information content (AvgIpc) is 2.76. The molecule has 0 amide bonds. The third kappa shape index (κ3) is 2.84. The van der Waals surface area contributed by atoms with Crippen molar-refractivity contribution in [2.75, 3.05) is 19.8 Å². The molecule has 1 saturated carbocycles. The summed E-state index contributed by atoms with van der Waals surface area (Å²) < 4.78 is 11.6. The summed E-state index contributed by atoms with van der Waals surface area (Å²) in [5.74, 6) is 1.49. The minimum Gasteiger partial charge on any atom is -0.378 e. The van der Waals surface area contributed by atoms with E-state index in [1.165, 1.54) is 32.1 Å². The Hall–Kier alpha value is -0.120. The first-order valence-electron chi connectivity index (χ1n) is 8.13. The molecule has 3 heteroatoms. The zero-order valence-corrected chi connectivity index (χ0v) is 12.3. The van der Waals surface area contributed by atoms with Crippen LogP contribution >= 0.6 is 0 Å². The molecule has 3 rings (SSSR count). The van der Waals surface area contributed by atoms with Crippen molar-refractivity contribution >= 4 is 0 Å². The van der Waals surface area contributed by atoms with Gasteiger partial charge in [0.25, 0.3) is 0 Å². The first kappa shape index (κ1) is 13.8. The summed E-state index contributed by atoms with van der Waals surface area (Å²) in [7, 11) is 0. The molecule has 1 aliphatic carbocycles. The Bertz CT molecular complexity index is 314. The second-order valence-electron chi connectivity index (χ2n) is 7.29. The van der Waals surface area contributed by atoms with Gasteiger partial charge in [0.15, 0.2) is 0 Å². The molecule has 0 radical (unpaired) electrons. The molecule has 0 aromatic rings. The standard InChI is InChI=1S/C16H29NO2/c1-13-3-2-6-16(17,7-4-13)14-5-9-19-15(11-14)8-10-18-12-15/h13-14H,2-12,17H2,1H3. The quantitative estimate of drug-likeness (QED) is 0.743. The maximum Gasteiger partial charge on any atom is 0.0940 e. The maximum atomic E-state index is 6.85. The molecule has 0 aromatic carbocycles. The smallest absolute Gasteiger partial charge is 0.0940 e. The van der Waals surface area contributed by atoms with Crippen LogP contribution in [0.1, 0.15) is 58.3 Å². The molecule has 2 aliphatic heterocycles. The van der Waals surface area contributed by atoms with Crippen LogP contribution in [0.15, 0.2) is 0 Å². The highest BCUT2D eigenvalue weighted by atomic mass is 16.6. The Morgan fingerprint density at radius 2 is 1.95 bits per heavy atom. The van der Waals surface area contributed by atoms with Crippen molar-refractivity contribution in [1.82, 2.24) is 0 Å². The number of hydrogen-bond donors (Lipinski definition) is 1. The van der Waals surface area contributed by atoms with Gasteiger partial charge in [-0.05, 0) is 43.9 Å². The third-order valence-corrected chi connectivity index (χ3v) is 5.81. The molecule has 110 valence electrons. The largest absolute Gasteiger partial charge is 0.378 e. The predicted octanol–water partition coefficient (Wildman–Crippen LogP) is 2.87. The van der Waals surface area contributed by atoms with E-state index in [0.717, 1.165) is 45.0 Å². The summed E-state index contributed by atoms with van der Waals surface area (Å²) in [5.41, 5.74) is 6.92. The first-order chi connectivity index (χ1) is 9.12. The molecule has 0 aromatic heterocycles. The summed E-state index contributed by atoms with van der Waals surface area (Å²) in [6.45, 7) is 4.90. The molecular weight excluding hydrogens is 238 g/mol. The van der Waals surface area contributed by atoms with Crippen molar-refractivity contribution in [2.45, 2.75) is 69.4 Å². The van der Waals surface area contributed by atoms with Gasteiger partial charge in [0.1, 0.15) is 0 Å². The summed E-state index contributed by atoms with van der Waals surface area (Å²) >= 11 is 0. The van der Waals surface area contributed by atoms with Gasteiger partial charge in [-0.3, -0.25) is 0 Å². The van der Waals surface area contributed by atoms with Crippen molar-refractivity contribution in [3.05, 3.63) is 0 Å². The normalized spacial score (nSPS) is 48.3. The van der Waals surface area contributed by atoms with E-state index in [9.17, 15) is 0 Å². The van der Waals surface area contributed by atoms with Gasteiger partial charge in [-0.1, -0.05) is 19.8 Å². The SMILES string of the molecule is CC1CCCC(N)(C2CCOC3(CCOC3)C2)CC1. The number of ether oxygens (including phenoxy) is 2. The fourth-order valence-electron chi connectivity index (χ4n) is 4.35. The van der Waals surface area contributed by atoms with Crippen LogP contribution < -0.4 is 5.73 Å². The Labute approximate surface area is 117 Å². The van der Waals surface area contributed by atoms with Crippen LogP contribution in [0.4, 0.5) is 0 Å². The molecule has 3 fully saturated rings. The van der Waals surface area contributed by atoms with E-state index >= 15 is 0 Å². The summed E-state index contributed by atoms with van der Waals surface area (Å²) in [6, 6.07) is 0. The van der Waals surface area contributed by atoms with Crippen LogP contribution in [0, 0.1) is 11.8 Å². The highest BCUT2D eigenvalue weighted by molar-refractivity contribution is 5.00. The van der Waals surface area contributed by atoms with Gasteiger partial charge in [-0.2, -0.15) is 0 Å². The molecule has 2 N–H and O–H groups in total. The van der Waals surface area contributed by atoms with Crippen molar-refractivity contribution in [2.24, 2.45) is 17.6 Å². The van der Waals surface area contributed by atoms with E-state index in [-0.39, 0.29) is 11.1 Å². The van der Waals surface area contributed by atoms with Crippen molar-refractivity contribution in [3.63, 3.8) is 0 Å². The average molecular weight is 267 g/mol. The van der Waals surface area contributed by atoms with Gasteiger partial charge in [0.2, 0.25) is 0 Å². The van der Waals surface area contributed by atoms with Gasteiger partial charge in [0, 0.05) is 25.2 Å². The minimum absolute atomic E-state index is 0.00715. The van der Waals surface area contributed by atoms with Gasteiger partial charge in [0.05, 0.1) is 12.2 Å². The van der Waals surface area contributed by atoms with Crippen molar-refractivity contribution < 1.29 is 9.47 Å². The molecule has 0 bridgehead atoms. The Kier molecular flexibility index (Phi) is 3.89. The lowest BCUT2D eigenvalue weighted by molar-refractivity contribution is -0.110. The van der Waals surface area contributed by atoms with Crippen LogP contribution in [-0.2, 0) is 9.47 Å². The molecule has 3 nitrogen and oxygen atoms in total. The van der Waals surface area contributed by atoms with Crippen LogP contribution in [0.2, 0.25) is 0 Å². The summed E-state index contributed by atoms with van der Waals surface area (Å²) in [4.78, 5) is 0. The lowest BCUT2D eigenvalue weighted by atomic mass is 9.70. The van der Waals surface area contributed by atoms with Crippen molar-refractivity contribution in [1.29, 1.82) is 0 Å². The topological polar surface area (TPSA) is 44.5 Å². The number of rotatable bonds is 1. The van der Waals surface area contributed by atoms with Gasteiger partial charge in [-0.25, -0.2) is 0 Å². The highest BCUT2D eigenvalue weighted by Gasteiger charge is 2.46. The Morgan fingerprint density at radius 1 is 1.05 bits per heavy atom. The lowest BCUT2D eigenvalue weighted by Crippen LogP contribution is -2.53. The molecule has 2 heterocycles. The van der Waals surface area contributed by atoms with Gasteiger partial charge < -0.3 is 15.2 Å². The van der Waals surface area contributed by atoms with E-state index in [0.29, 0.717) is 5.92 Å². The maximum absolute atomic E-state index is 6.85. The zero-order chi connectivity index (χ0) is 13.3. The second-order valence-corrected chi connectivity index (χ2v) is 7.29. The van der Waals surface area contributed by atoms with E-state index in [2.05, 4.69) is 6.92 Å². The van der Waals surface area contributed by atoms with Crippen LogP contribution in [-0.4, -0.2) is 31.0 Å².